The predicted octanol–water partition coefficient (Wildman–Crippen LogP) is 0.411. The van der Waals surface area contributed by atoms with Crippen LogP contribution in [0.25, 0.3) is 0 Å². The number of benzene rings is 1. The van der Waals surface area contributed by atoms with Gasteiger partial charge in [0, 0.05) is 18.3 Å². The Morgan fingerprint density at radius 1 is 1.53 bits per heavy atom. The summed E-state index contributed by atoms with van der Waals surface area (Å²) in [5.74, 6) is -3.41. The summed E-state index contributed by atoms with van der Waals surface area (Å²) in [7, 11) is 1.34. The Balaban J connectivity index is 2.18. The summed E-state index contributed by atoms with van der Waals surface area (Å²) in [6, 6.07) is 4.21. The molecule has 7 heteroatoms. The van der Waals surface area contributed by atoms with E-state index in [1.54, 1.807) is 0 Å². The third kappa shape index (κ3) is 2.42. The number of rotatable bonds is 2. The topological polar surface area (TPSA) is 78.9 Å². The summed E-state index contributed by atoms with van der Waals surface area (Å²) < 4.78 is 13.3. The number of amides is 1. The van der Waals surface area contributed by atoms with Gasteiger partial charge in [-0.3, -0.25) is 4.79 Å². The molecule has 2 N–H and O–H groups in total. The predicted molar refractivity (Wildman–Crippen MR) is 63.1 cm³/mol. The largest absolute Gasteiger partial charge is 0.374 e. The van der Waals surface area contributed by atoms with Crippen molar-refractivity contribution < 1.29 is 23.9 Å². The number of aliphatic hydroxyl groups excluding tert-OH is 1. The fourth-order valence-electron chi connectivity index (χ4n) is 1.78. The molecule has 0 radical (unpaired) electrons. The zero-order valence-electron chi connectivity index (χ0n) is 10.4. The highest BCUT2D eigenvalue weighted by Crippen LogP contribution is 2.23. The second-order valence-corrected chi connectivity index (χ2v) is 4.25. The molecule has 102 valence electrons. The molecule has 1 fully saturated rings. The molecule has 0 aliphatic carbocycles. The van der Waals surface area contributed by atoms with Gasteiger partial charge in [-0.25, -0.2) is 9.18 Å². The fourth-order valence-corrected chi connectivity index (χ4v) is 1.78. The van der Waals surface area contributed by atoms with Crippen molar-refractivity contribution in [2.75, 3.05) is 12.4 Å². The number of carbonyl (C=O) groups is 2. The maximum absolute atomic E-state index is 13.3. The minimum absolute atomic E-state index is 0.250. The maximum Gasteiger partial charge on any atom is 0.341 e. The smallest absolute Gasteiger partial charge is 0.341 e. The highest BCUT2D eigenvalue weighted by atomic mass is 19.1. The molecule has 19 heavy (non-hydrogen) atoms. The van der Waals surface area contributed by atoms with E-state index in [2.05, 4.69) is 10.2 Å². The Labute approximate surface area is 108 Å². The first-order valence-corrected chi connectivity index (χ1v) is 5.60. The molecule has 6 nitrogen and oxygen atoms in total. The number of halogens is 1. The van der Waals surface area contributed by atoms with Crippen molar-refractivity contribution in [3.8, 4) is 0 Å². The molecule has 1 aromatic carbocycles. The van der Waals surface area contributed by atoms with Crippen molar-refractivity contribution in [1.82, 2.24) is 5.06 Å². The molecule has 0 bridgehead atoms. The van der Waals surface area contributed by atoms with Crippen molar-refractivity contribution >= 4 is 17.6 Å². The molecule has 2 rings (SSSR count). The first kappa shape index (κ1) is 13.4. The second kappa shape index (κ2) is 4.94. The van der Waals surface area contributed by atoms with Gasteiger partial charge in [0.05, 0.1) is 0 Å². The van der Waals surface area contributed by atoms with E-state index in [-0.39, 0.29) is 11.3 Å². The van der Waals surface area contributed by atoms with Crippen LogP contribution < -0.4 is 5.32 Å². The number of nitrogens with one attached hydrogen (secondary N) is 1. The zero-order chi connectivity index (χ0) is 14.2. The van der Waals surface area contributed by atoms with Crippen LogP contribution in [-0.4, -0.2) is 35.3 Å². The Hall–Kier alpha value is -1.99. The van der Waals surface area contributed by atoms with Gasteiger partial charge in [0.15, 0.2) is 12.1 Å². The van der Waals surface area contributed by atoms with E-state index >= 15 is 0 Å². The van der Waals surface area contributed by atoms with E-state index in [1.165, 1.54) is 32.2 Å². The lowest BCUT2D eigenvalue weighted by atomic mass is 10.1. The Morgan fingerprint density at radius 3 is 2.79 bits per heavy atom. The molecule has 1 amide bonds. The third-order valence-corrected chi connectivity index (χ3v) is 2.97. The van der Waals surface area contributed by atoms with Crippen molar-refractivity contribution in [3.63, 3.8) is 0 Å². The van der Waals surface area contributed by atoms with Gasteiger partial charge < -0.3 is 15.3 Å². The van der Waals surface area contributed by atoms with Gasteiger partial charge in [-0.15, -0.1) is 5.06 Å². The standard InChI is InChI=1S/C12H13FN2O4/c1-6-7(13)4-3-5-8(6)14-10(16)9-11(17)15(2)19-12(9)18/h3-5,9,11,17H,1-2H3,(H,14,16). The summed E-state index contributed by atoms with van der Waals surface area (Å²) >= 11 is 0. The quantitative estimate of drug-likeness (QED) is 0.760. The average molecular weight is 268 g/mol. The van der Waals surface area contributed by atoms with Crippen LogP contribution >= 0.6 is 0 Å². The van der Waals surface area contributed by atoms with E-state index in [9.17, 15) is 19.1 Å². The summed E-state index contributed by atoms with van der Waals surface area (Å²) in [6.07, 6.45) is -1.36. The molecule has 1 aliphatic heterocycles. The summed E-state index contributed by atoms with van der Waals surface area (Å²) in [4.78, 5) is 28.0. The van der Waals surface area contributed by atoms with Crippen molar-refractivity contribution in [2.45, 2.75) is 13.2 Å². The van der Waals surface area contributed by atoms with Gasteiger partial charge in [0.25, 0.3) is 0 Å². The van der Waals surface area contributed by atoms with Crippen LogP contribution in [0.5, 0.6) is 0 Å². The minimum atomic E-state index is -1.36. The normalized spacial score (nSPS) is 23.3. The summed E-state index contributed by atoms with van der Waals surface area (Å²) in [6.45, 7) is 1.50. The van der Waals surface area contributed by atoms with E-state index in [0.717, 1.165) is 5.06 Å². The Morgan fingerprint density at radius 2 is 2.21 bits per heavy atom. The highest BCUT2D eigenvalue weighted by Gasteiger charge is 2.45. The summed E-state index contributed by atoms with van der Waals surface area (Å²) in [5, 5.41) is 12.9. The number of aliphatic hydroxyl groups is 1. The third-order valence-electron chi connectivity index (χ3n) is 2.97. The molecule has 0 saturated carbocycles. The van der Waals surface area contributed by atoms with E-state index in [4.69, 9.17) is 0 Å². The van der Waals surface area contributed by atoms with Crippen LogP contribution in [-0.2, 0) is 14.4 Å². The van der Waals surface area contributed by atoms with E-state index in [1.807, 2.05) is 0 Å². The van der Waals surface area contributed by atoms with Crippen molar-refractivity contribution in [1.29, 1.82) is 0 Å². The molecule has 2 unspecified atom stereocenters. The molecular weight excluding hydrogens is 255 g/mol. The molecule has 1 aromatic rings. The molecule has 1 heterocycles. The zero-order valence-corrected chi connectivity index (χ0v) is 10.4. The number of hydrogen-bond donors (Lipinski definition) is 2. The van der Waals surface area contributed by atoms with Crippen LogP contribution in [0, 0.1) is 18.7 Å². The van der Waals surface area contributed by atoms with Gasteiger partial charge in [-0.05, 0) is 19.1 Å². The van der Waals surface area contributed by atoms with Crippen LogP contribution in [0.4, 0.5) is 10.1 Å². The molecule has 0 aromatic heterocycles. The molecule has 1 aliphatic rings. The monoisotopic (exact) mass is 268 g/mol. The van der Waals surface area contributed by atoms with Crippen LogP contribution in [0.2, 0.25) is 0 Å². The van der Waals surface area contributed by atoms with Gasteiger partial charge >= 0.3 is 5.97 Å². The Bertz CT molecular complexity index is 534. The number of hydroxylamine groups is 2. The lowest BCUT2D eigenvalue weighted by Crippen LogP contribution is -2.37. The number of hydrogen-bond acceptors (Lipinski definition) is 5. The van der Waals surface area contributed by atoms with Gasteiger partial charge in [-0.2, -0.15) is 0 Å². The number of carbonyl (C=O) groups excluding carboxylic acids is 2. The molecule has 0 spiro atoms. The van der Waals surface area contributed by atoms with E-state index < -0.39 is 29.8 Å². The average Bonchev–Trinajstić information content (AvgIpc) is 2.59. The van der Waals surface area contributed by atoms with Crippen molar-refractivity contribution in [3.05, 3.63) is 29.6 Å². The van der Waals surface area contributed by atoms with E-state index in [0.29, 0.717) is 0 Å². The first-order valence-electron chi connectivity index (χ1n) is 5.60. The van der Waals surface area contributed by atoms with Crippen LogP contribution in [0.1, 0.15) is 5.56 Å². The van der Waals surface area contributed by atoms with Crippen molar-refractivity contribution in [2.24, 2.45) is 5.92 Å². The number of anilines is 1. The fraction of sp³-hybridized carbons (Fsp3) is 0.333. The number of nitrogens with zero attached hydrogens (tertiary/aromatic N) is 1. The Kier molecular flexibility index (Phi) is 3.50. The van der Waals surface area contributed by atoms with Crippen LogP contribution in [0.15, 0.2) is 18.2 Å². The lowest BCUT2D eigenvalue weighted by molar-refractivity contribution is -0.183. The molecular formula is C12H13FN2O4. The SMILES string of the molecule is Cc1c(F)cccc1NC(=O)C1C(=O)ON(C)C1O. The molecule has 2 atom stereocenters. The summed E-state index contributed by atoms with van der Waals surface area (Å²) in [5.41, 5.74) is 0.504. The minimum Gasteiger partial charge on any atom is -0.374 e. The van der Waals surface area contributed by atoms with Gasteiger partial charge in [0.2, 0.25) is 5.91 Å². The first-order chi connectivity index (χ1) is 8.91. The highest BCUT2D eigenvalue weighted by molar-refractivity contribution is 6.06. The van der Waals surface area contributed by atoms with Gasteiger partial charge in [0.1, 0.15) is 5.82 Å². The lowest BCUT2D eigenvalue weighted by Gasteiger charge is -2.14. The van der Waals surface area contributed by atoms with Gasteiger partial charge in [-0.1, -0.05) is 6.07 Å². The second-order valence-electron chi connectivity index (χ2n) is 4.25. The maximum atomic E-state index is 13.3. The molecule has 1 saturated heterocycles. The van der Waals surface area contributed by atoms with Crippen LogP contribution in [0.3, 0.4) is 0 Å².